The van der Waals surface area contributed by atoms with Gasteiger partial charge in [0.2, 0.25) is 0 Å². The summed E-state index contributed by atoms with van der Waals surface area (Å²) < 4.78 is 0. The van der Waals surface area contributed by atoms with Crippen LogP contribution in [0, 0.1) is 0 Å². The average Bonchev–Trinajstić information content (AvgIpc) is 2.45. The number of hydrogen-bond donors (Lipinski definition) is 1. The molecule has 0 aromatic rings. The molecule has 0 aromatic heterocycles. The van der Waals surface area contributed by atoms with Gasteiger partial charge in [0.05, 0.1) is 0 Å². The number of nitrogens with zero attached hydrogens (tertiary/aromatic N) is 2. The Morgan fingerprint density at radius 3 is 2.75 bits per heavy atom. The monoisotopic (exact) mass is 169 g/mol. The minimum atomic E-state index is 0.568. The predicted octanol–water partition coefficient (Wildman–Crippen LogP) is 1.19. The molecule has 0 aliphatic carbocycles. The molecule has 1 fully saturated rings. The number of aliphatic imine (C=N–C) groups is 1. The largest absolute Gasteiger partial charge is 0.370 e. The van der Waals surface area contributed by atoms with Gasteiger partial charge in [0, 0.05) is 19.1 Å². The summed E-state index contributed by atoms with van der Waals surface area (Å²) in [5.41, 5.74) is 5.81. The van der Waals surface area contributed by atoms with Crippen LogP contribution in [0.2, 0.25) is 0 Å². The lowest BCUT2D eigenvalue weighted by Crippen LogP contribution is -2.44. The number of guanidine groups is 1. The number of likely N-dealkylation sites (tertiary alicyclic amines) is 1. The van der Waals surface area contributed by atoms with Gasteiger partial charge in [-0.3, -0.25) is 4.99 Å². The van der Waals surface area contributed by atoms with Crippen LogP contribution in [0.4, 0.5) is 0 Å². The van der Waals surface area contributed by atoms with Crippen molar-refractivity contribution in [3.05, 3.63) is 0 Å². The van der Waals surface area contributed by atoms with Crippen molar-refractivity contribution in [2.45, 2.75) is 45.2 Å². The molecule has 0 radical (unpaired) electrons. The second kappa shape index (κ2) is 3.78. The Labute approximate surface area is 74.6 Å². The first kappa shape index (κ1) is 9.36. The van der Waals surface area contributed by atoms with Gasteiger partial charge in [-0.1, -0.05) is 6.92 Å². The quantitative estimate of drug-likeness (QED) is 0.473. The Hall–Kier alpha value is -0.730. The molecule has 0 bridgehead atoms. The number of hydrogen-bond acceptors (Lipinski definition) is 1. The average molecular weight is 169 g/mol. The van der Waals surface area contributed by atoms with Crippen LogP contribution in [0.5, 0.6) is 0 Å². The van der Waals surface area contributed by atoms with E-state index in [1.54, 1.807) is 7.05 Å². The molecular weight excluding hydrogens is 150 g/mol. The molecule has 3 heteroatoms. The maximum absolute atomic E-state index is 5.81. The van der Waals surface area contributed by atoms with Crippen molar-refractivity contribution in [1.29, 1.82) is 0 Å². The Balaban J connectivity index is 2.70. The maximum Gasteiger partial charge on any atom is 0.191 e. The highest BCUT2D eigenvalue weighted by Crippen LogP contribution is 2.25. The van der Waals surface area contributed by atoms with Crippen LogP contribution in [0.3, 0.4) is 0 Å². The highest BCUT2D eigenvalue weighted by Gasteiger charge is 2.30. The van der Waals surface area contributed by atoms with Crippen molar-refractivity contribution >= 4 is 5.96 Å². The fourth-order valence-corrected chi connectivity index (χ4v) is 2.00. The summed E-state index contributed by atoms with van der Waals surface area (Å²) in [5.74, 6) is 0.701. The molecule has 0 saturated carbocycles. The molecule has 2 atom stereocenters. The standard InChI is InChI=1S/C9H19N3/c1-4-8-6-5-7(2)12(8)9(10)11-3/h7-8H,4-6H2,1-3H3,(H2,10,11). The molecule has 1 saturated heterocycles. The van der Waals surface area contributed by atoms with Crippen molar-refractivity contribution in [2.75, 3.05) is 7.05 Å². The van der Waals surface area contributed by atoms with Crippen molar-refractivity contribution in [3.8, 4) is 0 Å². The van der Waals surface area contributed by atoms with Gasteiger partial charge < -0.3 is 10.6 Å². The highest BCUT2D eigenvalue weighted by atomic mass is 15.3. The summed E-state index contributed by atoms with van der Waals surface area (Å²) in [5, 5.41) is 0. The maximum atomic E-state index is 5.81. The molecule has 1 aliphatic rings. The third kappa shape index (κ3) is 1.54. The Morgan fingerprint density at radius 2 is 2.25 bits per heavy atom. The second-order valence-corrected chi connectivity index (χ2v) is 3.48. The first-order valence-electron chi connectivity index (χ1n) is 4.71. The SMILES string of the molecule is CCC1CCC(C)N1C(N)=NC. The van der Waals surface area contributed by atoms with E-state index >= 15 is 0 Å². The molecule has 0 spiro atoms. The lowest BCUT2D eigenvalue weighted by atomic mass is 10.2. The van der Waals surface area contributed by atoms with Gasteiger partial charge in [0.15, 0.2) is 5.96 Å². The van der Waals surface area contributed by atoms with Gasteiger partial charge in [0.1, 0.15) is 0 Å². The zero-order valence-electron chi connectivity index (χ0n) is 8.25. The van der Waals surface area contributed by atoms with Crippen LogP contribution in [0.1, 0.15) is 33.1 Å². The minimum Gasteiger partial charge on any atom is -0.370 e. The summed E-state index contributed by atoms with van der Waals surface area (Å²) in [6, 6.07) is 1.18. The van der Waals surface area contributed by atoms with E-state index in [9.17, 15) is 0 Å². The van der Waals surface area contributed by atoms with Crippen LogP contribution < -0.4 is 5.73 Å². The molecule has 0 amide bonds. The molecular formula is C9H19N3. The lowest BCUT2D eigenvalue weighted by molar-refractivity contribution is 0.317. The summed E-state index contributed by atoms with van der Waals surface area (Å²) >= 11 is 0. The third-order valence-electron chi connectivity index (χ3n) is 2.75. The van der Waals surface area contributed by atoms with Gasteiger partial charge in [-0.15, -0.1) is 0 Å². The molecule has 70 valence electrons. The van der Waals surface area contributed by atoms with Crippen LogP contribution >= 0.6 is 0 Å². The normalized spacial score (nSPS) is 31.2. The number of rotatable bonds is 1. The van der Waals surface area contributed by atoms with Gasteiger partial charge in [0.25, 0.3) is 0 Å². The summed E-state index contributed by atoms with van der Waals surface area (Å²) in [4.78, 5) is 6.29. The first-order chi connectivity index (χ1) is 5.70. The molecule has 1 heterocycles. The van der Waals surface area contributed by atoms with Crippen molar-refractivity contribution in [1.82, 2.24) is 4.90 Å². The van der Waals surface area contributed by atoms with E-state index < -0.39 is 0 Å². The zero-order valence-corrected chi connectivity index (χ0v) is 8.25. The van der Waals surface area contributed by atoms with Crippen molar-refractivity contribution < 1.29 is 0 Å². The van der Waals surface area contributed by atoms with E-state index in [-0.39, 0.29) is 0 Å². The molecule has 2 unspecified atom stereocenters. The minimum absolute atomic E-state index is 0.568. The third-order valence-corrected chi connectivity index (χ3v) is 2.75. The Bertz CT molecular complexity index is 177. The molecule has 3 nitrogen and oxygen atoms in total. The number of nitrogens with two attached hydrogens (primary N) is 1. The van der Waals surface area contributed by atoms with E-state index in [2.05, 4.69) is 23.7 Å². The molecule has 1 aliphatic heterocycles. The van der Waals surface area contributed by atoms with E-state index in [4.69, 9.17) is 5.73 Å². The van der Waals surface area contributed by atoms with Crippen LogP contribution in [-0.4, -0.2) is 30.0 Å². The summed E-state index contributed by atoms with van der Waals surface area (Å²) in [6.07, 6.45) is 3.67. The Morgan fingerprint density at radius 1 is 1.58 bits per heavy atom. The van der Waals surface area contributed by atoms with Crippen LogP contribution in [0.15, 0.2) is 4.99 Å². The van der Waals surface area contributed by atoms with Crippen LogP contribution in [-0.2, 0) is 0 Å². The second-order valence-electron chi connectivity index (χ2n) is 3.48. The fraction of sp³-hybridized carbons (Fsp3) is 0.889. The van der Waals surface area contributed by atoms with E-state index in [0.717, 1.165) is 0 Å². The van der Waals surface area contributed by atoms with Gasteiger partial charge in [-0.05, 0) is 26.2 Å². The zero-order chi connectivity index (χ0) is 9.14. The fourth-order valence-electron chi connectivity index (χ4n) is 2.00. The van der Waals surface area contributed by atoms with Gasteiger partial charge in [-0.2, -0.15) is 0 Å². The summed E-state index contributed by atoms with van der Waals surface area (Å²) in [6.45, 7) is 4.42. The van der Waals surface area contributed by atoms with Crippen molar-refractivity contribution in [3.63, 3.8) is 0 Å². The van der Waals surface area contributed by atoms with E-state index in [1.165, 1.54) is 19.3 Å². The summed E-state index contributed by atoms with van der Waals surface area (Å²) in [7, 11) is 1.76. The molecule has 12 heavy (non-hydrogen) atoms. The lowest BCUT2D eigenvalue weighted by Gasteiger charge is -2.28. The molecule has 0 aromatic carbocycles. The van der Waals surface area contributed by atoms with Crippen molar-refractivity contribution in [2.24, 2.45) is 10.7 Å². The first-order valence-corrected chi connectivity index (χ1v) is 4.71. The van der Waals surface area contributed by atoms with E-state index in [0.29, 0.717) is 18.0 Å². The predicted molar refractivity (Wildman–Crippen MR) is 52.2 cm³/mol. The molecule has 2 N–H and O–H groups in total. The molecule has 1 rings (SSSR count). The Kier molecular flexibility index (Phi) is 2.95. The van der Waals surface area contributed by atoms with Gasteiger partial charge in [-0.25, -0.2) is 0 Å². The smallest absolute Gasteiger partial charge is 0.191 e. The topological polar surface area (TPSA) is 41.6 Å². The highest BCUT2D eigenvalue weighted by molar-refractivity contribution is 5.78. The van der Waals surface area contributed by atoms with Gasteiger partial charge >= 0.3 is 0 Å². The van der Waals surface area contributed by atoms with E-state index in [1.807, 2.05) is 0 Å². The van der Waals surface area contributed by atoms with Crippen LogP contribution in [0.25, 0.3) is 0 Å².